The van der Waals surface area contributed by atoms with Crippen molar-refractivity contribution in [3.8, 4) is 11.5 Å². The Kier molecular flexibility index (Phi) is 23.5. The summed E-state index contributed by atoms with van der Waals surface area (Å²) in [6.07, 6.45) is 0. The molecule has 0 saturated heterocycles. The van der Waals surface area contributed by atoms with E-state index in [1.54, 1.807) is 24.3 Å². The second-order valence-electron chi connectivity index (χ2n) is 2.63. The van der Waals surface area contributed by atoms with Gasteiger partial charge in [-0.05, 0) is 0 Å². The van der Waals surface area contributed by atoms with Crippen molar-refractivity contribution in [2.24, 2.45) is 0 Å². The molecule has 0 saturated carbocycles. The normalized spacial score (nSPS) is 6.67. The van der Waals surface area contributed by atoms with E-state index < -0.39 is 0 Å². The summed E-state index contributed by atoms with van der Waals surface area (Å²) < 4.78 is 0. The summed E-state index contributed by atoms with van der Waals surface area (Å²) in [5.41, 5.74) is 0. The Hall–Kier alpha value is -0.706. The molecule has 0 aliphatic carbocycles. The van der Waals surface area contributed by atoms with E-state index in [0.717, 1.165) is 0 Å². The summed E-state index contributed by atoms with van der Waals surface area (Å²) in [6, 6.07) is 16.7. The van der Waals surface area contributed by atoms with Crippen molar-refractivity contribution in [3.63, 3.8) is 0 Å². The minimum atomic E-state index is 0. The van der Waals surface area contributed by atoms with Crippen molar-refractivity contribution in [1.29, 1.82) is 0 Å². The Morgan fingerprint density at radius 3 is 0.889 bits per heavy atom. The Morgan fingerprint density at radius 2 is 0.778 bits per heavy atom. The fourth-order valence-corrected chi connectivity index (χ4v) is 0.841. The van der Waals surface area contributed by atoms with E-state index in [-0.39, 0.29) is 64.2 Å². The first kappa shape index (κ1) is 26.0. The predicted octanol–water partition coefficient (Wildman–Crippen LogP) is -4.31. The number of halogens is 2. The summed E-state index contributed by atoms with van der Waals surface area (Å²) in [5, 5.41) is 20.5. The molecule has 0 aliphatic heterocycles. The van der Waals surface area contributed by atoms with E-state index >= 15 is 0 Å². The maximum atomic E-state index is 10.3. The molecule has 0 amide bonds. The van der Waals surface area contributed by atoms with Crippen LogP contribution in [0, 0.1) is 0 Å². The molecule has 0 unspecified atom stereocenters. The van der Waals surface area contributed by atoms with Gasteiger partial charge in [0.05, 0.1) is 0 Å². The van der Waals surface area contributed by atoms with Crippen LogP contribution in [-0.4, -0.2) is 0 Å². The minimum absolute atomic E-state index is 0. The number of para-hydroxylation sites is 2. The van der Waals surface area contributed by atoms with Gasteiger partial charge in [0.1, 0.15) is 0 Å². The average molecular weight is 322 g/mol. The fraction of sp³-hybridized carbons (Fsp3) is 0. The van der Waals surface area contributed by atoms with Crippen LogP contribution < -0.4 is 41.2 Å². The molecule has 3 nitrogen and oxygen atoms in total. The molecule has 6 heteroatoms. The van der Waals surface area contributed by atoms with Gasteiger partial charge in [-0.15, -0.1) is 11.5 Å². The summed E-state index contributed by atoms with van der Waals surface area (Å²) >= 11 is 0. The fourth-order valence-electron chi connectivity index (χ4n) is 0.841. The second-order valence-corrected chi connectivity index (χ2v) is 2.63. The molecule has 0 spiro atoms. The zero-order valence-electron chi connectivity index (χ0n) is 9.55. The monoisotopic (exact) mass is 321 g/mol. The molecule has 2 aromatic carbocycles. The molecule has 0 fully saturated rings. The summed E-state index contributed by atoms with van der Waals surface area (Å²) in [5.74, 6) is 0.144. The summed E-state index contributed by atoms with van der Waals surface area (Å²) in [6.45, 7) is 0. The van der Waals surface area contributed by atoms with Gasteiger partial charge in [-0.2, -0.15) is 0 Å². The molecule has 18 heavy (non-hydrogen) atoms. The summed E-state index contributed by atoms with van der Waals surface area (Å²) in [4.78, 5) is 0. The predicted molar refractivity (Wildman–Crippen MR) is 56.8 cm³/mol. The third-order valence-electron chi connectivity index (χ3n) is 1.49. The molecule has 2 rings (SSSR count). The van der Waals surface area contributed by atoms with Crippen LogP contribution >= 0.6 is 0 Å². The number of hydrogen-bond donors (Lipinski definition) is 1. The van der Waals surface area contributed by atoms with Crippen molar-refractivity contribution in [2.75, 3.05) is 0 Å². The zero-order chi connectivity index (χ0) is 10.2. The third kappa shape index (κ3) is 13.4. The van der Waals surface area contributed by atoms with Gasteiger partial charge in [0.2, 0.25) is 0 Å². The van der Waals surface area contributed by atoms with E-state index in [2.05, 4.69) is 0 Å². The van der Waals surface area contributed by atoms with Crippen LogP contribution in [0.5, 0.6) is 11.5 Å². The maximum absolute atomic E-state index is 10.3. The Balaban J connectivity index is -0.0000000891. The van der Waals surface area contributed by atoms with Crippen LogP contribution in [0.1, 0.15) is 0 Å². The van der Waals surface area contributed by atoms with E-state index in [1.165, 1.54) is 24.3 Å². The molecule has 0 bridgehead atoms. The number of hydrogen-bond acceptors (Lipinski definition) is 3. The van der Waals surface area contributed by atoms with Crippen molar-refractivity contribution in [1.82, 2.24) is 6.15 Å². The van der Waals surface area contributed by atoms with E-state index in [1.807, 2.05) is 12.1 Å². The quantitative estimate of drug-likeness (QED) is 0.498. The Bertz CT molecular complexity index is 325. The van der Waals surface area contributed by atoms with Crippen LogP contribution in [0.15, 0.2) is 60.7 Å². The number of benzene rings is 2. The topological polar surface area (TPSA) is 81.1 Å². The molecule has 0 heterocycles. The SMILES string of the molecule is N.[Cl-].[Cl-].[O-]c1ccccc1.[O-]c1ccccc1.[Ti+4]. The van der Waals surface area contributed by atoms with E-state index in [0.29, 0.717) is 0 Å². The van der Waals surface area contributed by atoms with E-state index in [9.17, 15) is 10.2 Å². The molecule has 0 atom stereocenters. The van der Waals surface area contributed by atoms with Gasteiger partial charge < -0.3 is 41.2 Å². The first-order chi connectivity index (χ1) is 6.79. The molecule has 3 N–H and O–H groups in total. The van der Waals surface area contributed by atoms with Crippen LogP contribution in [0.25, 0.3) is 0 Å². The first-order valence-corrected chi connectivity index (χ1v) is 4.23. The van der Waals surface area contributed by atoms with Crippen molar-refractivity contribution >= 4 is 0 Å². The van der Waals surface area contributed by atoms with Gasteiger partial charge >= 0.3 is 21.7 Å². The molecular weight excluding hydrogens is 309 g/mol. The van der Waals surface area contributed by atoms with Gasteiger partial charge in [0.15, 0.2) is 0 Å². The minimum Gasteiger partial charge on any atom is -1.00 e. The first-order valence-electron chi connectivity index (χ1n) is 4.23. The van der Waals surface area contributed by atoms with Crippen molar-refractivity contribution in [2.45, 2.75) is 0 Å². The Labute approximate surface area is 135 Å². The molecule has 0 aliphatic rings. The molecule has 2 aromatic rings. The van der Waals surface area contributed by atoms with Gasteiger partial charge in [-0.3, -0.25) is 0 Å². The molecule has 0 aromatic heterocycles. The Morgan fingerprint density at radius 1 is 0.556 bits per heavy atom. The number of rotatable bonds is 0. The standard InChI is InChI=1S/2C6H6O.2ClH.H3N.Ti/c2*7-6-4-2-1-3-5-6;;;;/h2*1-5,7H;2*1H;1H3;/q;;;;;+4/p-4. The van der Waals surface area contributed by atoms with Crippen LogP contribution in [0.3, 0.4) is 0 Å². The zero-order valence-corrected chi connectivity index (χ0v) is 12.6. The average Bonchev–Trinajstić information content (AvgIpc) is 2.21. The maximum Gasteiger partial charge on any atom is 4.00 e. The van der Waals surface area contributed by atoms with E-state index in [4.69, 9.17) is 0 Å². The smallest absolute Gasteiger partial charge is 1.00 e. The van der Waals surface area contributed by atoms with Crippen molar-refractivity contribution < 1.29 is 56.7 Å². The van der Waals surface area contributed by atoms with Crippen LogP contribution in [0.4, 0.5) is 0 Å². The van der Waals surface area contributed by atoms with Crippen LogP contribution in [-0.2, 0) is 21.7 Å². The summed E-state index contributed by atoms with van der Waals surface area (Å²) in [7, 11) is 0. The van der Waals surface area contributed by atoms with Crippen LogP contribution in [0.2, 0.25) is 0 Å². The molecule has 0 radical (unpaired) electrons. The molecule has 96 valence electrons. The van der Waals surface area contributed by atoms with Gasteiger partial charge in [0, 0.05) is 0 Å². The van der Waals surface area contributed by atoms with Gasteiger partial charge in [0.25, 0.3) is 0 Å². The molecular formula is C12H13Cl2NO2Ti. The van der Waals surface area contributed by atoms with Gasteiger partial charge in [-0.25, -0.2) is 0 Å². The van der Waals surface area contributed by atoms with Gasteiger partial charge in [-0.1, -0.05) is 60.7 Å². The third-order valence-corrected chi connectivity index (χ3v) is 1.49. The largest absolute Gasteiger partial charge is 4.00 e. The van der Waals surface area contributed by atoms with Crippen molar-refractivity contribution in [3.05, 3.63) is 60.7 Å². The second kappa shape index (κ2) is 16.3.